The van der Waals surface area contributed by atoms with E-state index in [2.05, 4.69) is 27.9 Å². The van der Waals surface area contributed by atoms with Crippen molar-refractivity contribution in [1.29, 1.82) is 5.26 Å². The number of aliphatic hydroxyl groups is 1. The molecule has 2 N–H and O–H groups in total. The van der Waals surface area contributed by atoms with Crippen molar-refractivity contribution in [2.75, 3.05) is 17.6 Å². The van der Waals surface area contributed by atoms with E-state index in [1.807, 2.05) is 24.3 Å². The lowest BCUT2D eigenvalue weighted by Crippen LogP contribution is -2.36. The monoisotopic (exact) mass is 492 g/mol. The lowest BCUT2D eigenvalue weighted by molar-refractivity contribution is -0.137. The standard InChI is InChI=1S/C18H16F3IN2OS/c1-17(25,11-26-15-6-3-13(22)4-7-15)10-24-14-5-2-12(9-23)16(8-14)18(19,20)21/h2-8,24-25H,10-11H2,1H3. The molecule has 3 nitrogen and oxygen atoms in total. The summed E-state index contributed by atoms with van der Waals surface area (Å²) in [7, 11) is 0. The van der Waals surface area contributed by atoms with E-state index in [4.69, 9.17) is 5.26 Å². The minimum absolute atomic E-state index is 0.0769. The van der Waals surface area contributed by atoms with Crippen LogP contribution in [0.25, 0.3) is 0 Å². The van der Waals surface area contributed by atoms with Crippen molar-refractivity contribution < 1.29 is 18.3 Å². The number of hydrogen-bond acceptors (Lipinski definition) is 4. The number of alkyl halides is 3. The number of thioether (sulfide) groups is 1. The van der Waals surface area contributed by atoms with Gasteiger partial charge in [-0.05, 0) is 72.0 Å². The summed E-state index contributed by atoms with van der Waals surface area (Å²) in [4.78, 5) is 1.00. The zero-order chi connectivity index (χ0) is 19.4. The molecule has 0 radical (unpaired) electrons. The fourth-order valence-electron chi connectivity index (χ4n) is 2.10. The number of anilines is 1. The molecule has 1 atom stereocenters. The molecule has 0 aliphatic carbocycles. The van der Waals surface area contributed by atoms with Crippen molar-refractivity contribution >= 4 is 40.0 Å². The molecule has 0 heterocycles. The summed E-state index contributed by atoms with van der Waals surface area (Å²) < 4.78 is 40.1. The SMILES string of the molecule is CC(O)(CNc1ccc(C#N)c(C(F)(F)F)c1)CSc1ccc(I)cc1. The van der Waals surface area contributed by atoms with Gasteiger partial charge >= 0.3 is 6.18 Å². The van der Waals surface area contributed by atoms with Crippen LogP contribution in [0.1, 0.15) is 18.1 Å². The molecule has 8 heteroatoms. The average molecular weight is 492 g/mol. The molecule has 0 aromatic heterocycles. The van der Waals surface area contributed by atoms with Gasteiger partial charge in [0.25, 0.3) is 0 Å². The summed E-state index contributed by atoms with van der Waals surface area (Å²) in [5.74, 6) is 0.378. The van der Waals surface area contributed by atoms with Crippen LogP contribution in [0.4, 0.5) is 18.9 Å². The highest BCUT2D eigenvalue weighted by Gasteiger charge is 2.34. The third kappa shape index (κ3) is 6.07. The maximum absolute atomic E-state index is 13.0. The number of benzene rings is 2. The third-order valence-electron chi connectivity index (χ3n) is 3.48. The maximum Gasteiger partial charge on any atom is 0.417 e. The average Bonchev–Trinajstić information content (AvgIpc) is 2.58. The first-order chi connectivity index (χ1) is 12.1. The van der Waals surface area contributed by atoms with Crippen molar-refractivity contribution in [3.63, 3.8) is 0 Å². The Labute approximate surface area is 167 Å². The van der Waals surface area contributed by atoms with Crippen LogP contribution in [-0.2, 0) is 6.18 Å². The molecular formula is C18H16F3IN2OS. The molecule has 0 amide bonds. The number of rotatable bonds is 6. The minimum Gasteiger partial charge on any atom is -0.387 e. The molecule has 2 rings (SSSR count). The Morgan fingerprint density at radius 2 is 1.85 bits per heavy atom. The van der Waals surface area contributed by atoms with Crippen molar-refractivity contribution in [3.8, 4) is 6.07 Å². The number of nitriles is 1. The second-order valence-electron chi connectivity index (χ2n) is 5.96. The molecule has 0 fully saturated rings. The smallest absolute Gasteiger partial charge is 0.387 e. The molecule has 0 saturated carbocycles. The highest BCUT2D eigenvalue weighted by molar-refractivity contribution is 14.1. The minimum atomic E-state index is -4.61. The van der Waals surface area contributed by atoms with Gasteiger partial charge in [-0.25, -0.2) is 0 Å². The fraction of sp³-hybridized carbons (Fsp3) is 0.278. The summed E-state index contributed by atoms with van der Waals surface area (Å²) in [5, 5.41) is 22.1. The molecule has 2 aromatic rings. The van der Waals surface area contributed by atoms with E-state index in [1.54, 1.807) is 13.0 Å². The predicted molar refractivity (Wildman–Crippen MR) is 105 cm³/mol. The van der Waals surface area contributed by atoms with Crippen LogP contribution in [0.3, 0.4) is 0 Å². The first kappa shape index (κ1) is 20.9. The van der Waals surface area contributed by atoms with Gasteiger partial charge in [0.15, 0.2) is 0 Å². The number of nitrogens with one attached hydrogen (secondary N) is 1. The van der Waals surface area contributed by atoms with E-state index < -0.39 is 22.9 Å². The number of hydrogen-bond donors (Lipinski definition) is 2. The molecule has 0 aliphatic heterocycles. The summed E-state index contributed by atoms with van der Waals surface area (Å²) in [5.41, 5.74) is -2.34. The van der Waals surface area contributed by atoms with Crippen molar-refractivity contribution in [3.05, 3.63) is 57.2 Å². The summed E-state index contributed by atoms with van der Waals surface area (Å²) in [6, 6.07) is 12.8. The summed E-state index contributed by atoms with van der Waals surface area (Å²) >= 11 is 3.67. The molecular weight excluding hydrogens is 476 g/mol. The largest absolute Gasteiger partial charge is 0.417 e. The van der Waals surface area contributed by atoms with Crippen molar-refractivity contribution in [1.82, 2.24) is 0 Å². The van der Waals surface area contributed by atoms with Crippen LogP contribution in [0.5, 0.6) is 0 Å². The van der Waals surface area contributed by atoms with E-state index in [-0.39, 0.29) is 12.2 Å². The molecule has 0 aliphatic rings. The van der Waals surface area contributed by atoms with Crippen LogP contribution < -0.4 is 5.32 Å². The van der Waals surface area contributed by atoms with Crippen molar-refractivity contribution in [2.45, 2.75) is 23.6 Å². The number of nitrogens with zero attached hydrogens (tertiary/aromatic N) is 1. The van der Waals surface area contributed by atoms with E-state index >= 15 is 0 Å². The second-order valence-corrected chi connectivity index (χ2v) is 8.26. The van der Waals surface area contributed by atoms with Gasteiger partial charge in [0.05, 0.1) is 22.8 Å². The number of halogens is 4. The Hall–Kier alpha value is -1.44. The second kappa shape index (κ2) is 8.50. The normalized spacial score (nSPS) is 13.7. The van der Waals surface area contributed by atoms with Crippen molar-refractivity contribution in [2.24, 2.45) is 0 Å². The third-order valence-corrected chi connectivity index (χ3v) is 5.57. The Kier molecular flexibility index (Phi) is 6.82. The predicted octanol–water partition coefficient (Wildman–Crippen LogP) is 5.14. The Morgan fingerprint density at radius 1 is 1.19 bits per heavy atom. The zero-order valence-electron chi connectivity index (χ0n) is 13.8. The lowest BCUT2D eigenvalue weighted by Gasteiger charge is -2.24. The fourth-order valence-corrected chi connectivity index (χ4v) is 3.37. The maximum atomic E-state index is 13.0. The van der Waals surface area contributed by atoms with Crippen LogP contribution in [0, 0.1) is 14.9 Å². The topological polar surface area (TPSA) is 56.0 Å². The Morgan fingerprint density at radius 3 is 2.42 bits per heavy atom. The first-order valence-corrected chi connectivity index (χ1v) is 9.63. The van der Waals surface area contributed by atoms with Gasteiger partial charge in [-0.15, -0.1) is 11.8 Å². The molecule has 26 heavy (non-hydrogen) atoms. The highest BCUT2D eigenvalue weighted by atomic mass is 127. The molecule has 0 spiro atoms. The van der Waals surface area contributed by atoms with Gasteiger partial charge in [-0.1, -0.05) is 0 Å². The zero-order valence-corrected chi connectivity index (χ0v) is 16.7. The molecule has 0 saturated heterocycles. The van der Waals surface area contributed by atoms with Gasteiger partial charge < -0.3 is 10.4 Å². The van der Waals surface area contributed by atoms with Crippen LogP contribution >= 0.6 is 34.4 Å². The first-order valence-electron chi connectivity index (χ1n) is 7.57. The van der Waals surface area contributed by atoms with Gasteiger partial charge in [0, 0.05) is 26.5 Å². The molecule has 1 unspecified atom stereocenters. The Balaban J connectivity index is 2.00. The quantitative estimate of drug-likeness (QED) is 0.434. The van der Waals surface area contributed by atoms with Gasteiger partial charge in [-0.3, -0.25) is 0 Å². The van der Waals surface area contributed by atoms with E-state index in [0.717, 1.165) is 20.6 Å². The van der Waals surface area contributed by atoms with Gasteiger partial charge in [-0.2, -0.15) is 18.4 Å². The van der Waals surface area contributed by atoms with E-state index in [1.165, 1.54) is 17.8 Å². The van der Waals surface area contributed by atoms with Gasteiger partial charge in [0.2, 0.25) is 0 Å². The molecule has 138 valence electrons. The van der Waals surface area contributed by atoms with Gasteiger partial charge in [0.1, 0.15) is 0 Å². The summed E-state index contributed by atoms with van der Waals surface area (Å²) in [6.07, 6.45) is -4.61. The van der Waals surface area contributed by atoms with Crippen LogP contribution in [0.2, 0.25) is 0 Å². The van der Waals surface area contributed by atoms with Crippen LogP contribution in [0.15, 0.2) is 47.4 Å². The Bertz CT molecular complexity index is 802. The lowest BCUT2D eigenvalue weighted by atomic mass is 10.1. The molecule has 0 bridgehead atoms. The van der Waals surface area contributed by atoms with E-state index in [0.29, 0.717) is 5.75 Å². The molecule has 2 aromatic carbocycles. The van der Waals surface area contributed by atoms with Crippen LogP contribution in [-0.4, -0.2) is 23.0 Å². The van der Waals surface area contributed by atoms with E-state index in [9.17, 15) is 18.3 Å². The highest BCUT2D eigenvalue weighted by Crippen LogP contribution is 2.33. The summed E-state index contributed by atoms with van der Waals surface area (Å²) in [6.45, 7) is 1.70.